The molecule has 5 nitrogen and oxygen atoms in total. The Morgan fingerprint density at radius 2 is 2.37 bits per heavy atom. The minimum absolute atomic E-state index is 0.0804. The Morgan fingerprint density at radius 1 is 1.47 bits per heavy atom. The maximum absolute atomic E-state index is 11.3. The lowest BCUT2D eigenvalue weighted by molar-refractivity contribution is -0.122. The molecular weight excluding hydrogens is 242 g/mol. The van der Waals surface area contributed by atoms with E-state index in [1.165, 1.54) is 5.56 Å². The number of rotatable bonds is 6. The van der Waals surface area contributed by atoms with E-state index in [4.69, 9.17) is 0 Å². The van der Waals surface area contributed by atoms with E-state index in [1.54, 1.807) is 0 Å². The number of amides is 1. The van der Waals surface area contributed by atoms with Gasteiger partial charge < -0.3 is 15.4 Å². The molecule has 1 aliphatic rings. The van der Waals surface area contributed by atoms with Gasteiger partial charge in [-0.1, -0.05) is 6.07 Å². The van der Waals surface area contributed by atoms with E-state index in [2.05, 4.69) is 21.7 Å². The number of fused-ring (bicyclic) bond motifs is 1. The van der Waals surface area contributed by atoms with Crippen LogP contribution >= 0.6 is 0 Å². The number of aromatic nitrogens is 1. The minimum atomic E-state index is -0.0804. The van der Waals surface area contributed by atoms with Crippen molar-refractivity contribution in [2.45, 2.75) is 32.1 Å². The molecule has 1 aliphatic heterocycles. The summed E-state index contributed by atoms with van der Waals surface area (Å²) in [6.07, 6.45) is 4.89. The number of anilines is 1. The molecule has 0 unspecified atom stereocenters. The van der Waals surface area contributed by atoms with Crippen LogP contribution in [0.3, 0.4) is 0 Å². The van der Waals surface area contributed by atoms with E-state index in [1.807, 2.05) is 6.07 Å². The van der Waals surface area contributed by atoms with Gasteiger partial charge in [-0.05, 0) is 37.3 Å². The predicted molar refractivity (Wildman–Crippen MR) is 73.1 cm³/mol. The molecule has 0 aliphatic carbocycles. The van der Waals surface area contributed by atoms with Crippen LogP contribution in [0.25, 0.3) is 0 Å². The number of hydrogen-bond donors (Lipinski definition) is 2. The summed E-state index contributed by atoms with van der Waals surface area (Å²) < 4.78 is 0. The van der Waals surface area contributed by atoms with Crippen molar-refractivity contribution in [2.75, 3.05) is 18.4 Å². The quantitative estimate of drug-likeness (QED) is 0.752. The number of aryl methyl sites for hydroxylation is 2. The molecule has 0 atom stereocenters. The monoisotopic (exact) mass is 261 g/mol. The Hall–Kier alpha value is -1.91. The molecule has 0 bridgehead atoms. The number of carbonyl (C=O) groups is 2. The number of aldehydes is 1. The Bertz CT molecular complexity index is 460. The van der Waals surface area contributed by atoms with Crippen LogP contribution < -0.4 is 10.6 Å². The topological polar surface area (TPSA) is 71.1 Å². The maximum Gasteiger partial charge on any atom is 0.220 e. The highest BCUT2D eigenvalue weighted by atomic mass is 16.2. The zero-order valence-corrected chi connectivity index (χ0v) is 10.9. The summed E-state index contributed by atoms with van der Waals surface area (Å²) >= 11 is 0. The first-order valence-corrected chi connectivity index (χ1v) is 6.72. The second-order valence-electron chi connectivity index (χ2n) is 4.66. The van der Waals surface area contributed by atoms with Gasteiger partial charge in [0.15, 0.2) is 0 Å². The number of nitrogens with zero attached hydrogens (tertiary/aromatic N) is 1. The van der Waals surface area contributed by atoms with Crippen molar-refractivity contribution in [3.8, 4) is 0 Å². The van der Waals surface area contributed by atoms with Crippen molar-refractivity contribution in [1.82, 2.24) is 10.3 Å². The fourth-order valence-electron chi connectivity index (χ4n) is 2.18. The number of pyridine rings is 1. The lowest BCUT2D eigenvalue weighted by atomic mass is 10.1. The van der Waals surface area contributed by atoms with Crippen LogP contribution in [-0.2, 0) is 22.4 Å². The lowest BCUT2D eigenvalue weighted by Gasteiger charge is -2.17. The molecule has 102 valence electrons. The highest BCUT2D eigenvalue weighted by Gasteiger charge is 2.10. The summed E-state index contributed by atoms with van der Waals surface area (Å²) in [6.45, 7) is 1.08. The fraction of sp³-hybridized carbons (Fsp3) is 0.500. The van der Waals surface area contributed by atoms with E-state index in [0.717, 1.165) is 43.7 Å². The Balaban J connectivity index is 1.80. The van der Waals surface area contributed by atoms with Gasteiger partial charge in [0.2, 0.25) is 5.91 Å². The summed E-state index contributed by atoms with van der Waals surface area (Å²) in [6, 6.07) is 4.16. The Kier molecular flexibility index (Phi) is 4.89. The number of nitrogens with one attached hydrogen (secondary N) is 2. The first-order valence-electron chi connectivity index (χ1n) is 6.72. The van der Waals surface area contributed by atoms with Crippen molar-refractivity contribution in [1.29, 1.82) is 0 Å². The largest absolute Gasteiger partial charge is 0.370 e. The number of hydrogen-bond acceptors (Lipinski definition) is 4. The second-order valence-corrected chi connectivity index (χ2v) is 4.66. The molecule has 0 saturated heterocycles. The van der Waals surface area contributed by atoms with Crippen LogP contribution in [0.4, 0.5) is 5.82 Å². The standard InChI is InChI=1S/C14H19N3O2/c18-10-9-15-13(19)5-1-4-12-7-6-11-3-2-8-16-14(11)17-12/h6-7,10H,1-5,8-9H2,(H,15,19)(H,16,17). The third kappa shape index (κ3) is 4.05. The second kappa shape index (κ2) is 6.87. The van der Waals surface area contributed by atoms with Gasteiger partial charge in [0.1, 0.15) is 12.1 Å². The van der Waals surface area contributed by atoms with Gasteiger partial charge >= 0.3 is 0 Å². The van der Waals surface area contributed by atoms with Crippen LogP contribution in [0.1, 0.15) is 30.5 Å². The zero-order chi connectivity index (χ0) is 13.5. The third-order valence-corrected chi connectivity index (χ3v) is 3.17. The summed E-state index contributed by atoms with van der Waals surface area (Å²) in [5.74, 6) is 0.914. The fourth-order valence-corrected chi connectivity index (χ4v) is 2.18. The number of carbonyl (C=O) groups excluding carboxylic acids is 2. The molecule has 0 radical (unpaired) electrons. The summed E-state index contributed by atoms with van der Waals surface area (Å²) in [7, 11) is 0. The first kappa shape index (κ1) is 13.5. The Morgan fingerprint density at radius 3 is 3.21 bits per heavy atom. The molecule has 0 fully saturated rings. The van der Waals surface area contributed by atoms with Gasteiger partial charge in [0.05, 0.1) is 6.54 Å². The van der Waals surface area contributed by atoms with Gasteiger partial charge in [-0.25, -0.2) is 4.98 Å². The molecule has 1 amide bonds. The SMILES string of the molecule is O=CCNC(=O)CCCc1ccc2c(n1)NCCC2. The van der Waals surface area contributed by atoms with Gasteiger partial charge in [-0.15, -0.1) is 0 Å². The van der Waals surface area contributed by atoms with Crippen LogP contribution in [-0.4, -0.2) is 30.3 Å². The summed E-state index contributed by atoms with van der Waals surface area (Å²) in [5.41, 5.74) is 2.29. The van der Waals surface area contributed by atoms with E-state index in [-0.39, 0.29) is 12.5 Å². The van der Waals surface area contributed by atoms with Gasteiger partial charge in [-0.3, -0.25) is 4.79 Å². The van der Waals surface area contributed by atoms with Crippen LogP contribution in [0.2, 0.25) is 0 Å². The van der Waals surface area contributed by atoms with Crippen LogP contribution in [0, 0.1) is 0 Å². The van der Waals surface area contributed by atoms with E-state index < -0.39 is 0 Å². The highest BCUT2D eigenvalue weighted by Crippen LogP contribution is 2.20. The molecule has 2 rings (SSSR count). The molecular formula is C14H19N3O2. The van der Waals surface area contributed by atoms with Crippen molar-refractivity contribution in [3.05, 3.63) is 23.4 Å². The highest BCUT2D eigenvalue weighted by molar-refractivity contribution is 5.78. The van der Waals surface area contributed by atoms with Gasteiger partial charge in [-0.2, -0.15) is 0 Å². The molecule has 1 aromatic heterocycles. The van der Waals surface area contributed by atoms with Crippen LogP contribution in [0.5, 0.6) is 0 Å². The van der Waals surface area contributed by atoms with Crippen LogP contribution in [0.15, 0.2) is 12.1 Å². The smallest absolute Gasteiger partial charge is 0.220 e. The minimum Gasteiger partial charge on any atom is -0.370 e. The summed E-state index contributed by atoms with van der Waals surface area (Å²) in [5, 5.41) is 5.83. The summed E-state index contributed by atoms with van der Waals surface area (Å²) in [4.78, 5) is 26.0. The molecule has 19 heavy (non-hydrogen) atoms. The molecule has 0 spiro atoms. The normalized spacial score (nSPS) is 13.3. The van der Waals surface area contributed by atoms with Crippen molar-refractivity contribution >= 4 is 18.0 Å². The molecule has 0 aromatic carbocycles. The van der Waals surface area contributed by atoms with Crippen molar-refractivity contribution < 1.29 is 9.59 Å². The third-order valence-electron chi connectivity index (χ3n) is 3.17. The molecule has 1 aromatic rings. The lowest BCUT2D eigenvalue weighted by Crippen LogP contribution is -2.24. The van der Waals surface area contributed by atoms with Crippen molar-refractivity contribution in [2.24, 2.45) is 0 Å². The van der Waals surface area contributed by atoms with E-state index in [0.29, 0.717) is 12.7 Å². The Labute approximate surface area is 112 Å². The average molecular weight is 261 g/mol. The van der Waals surface area contributed by atoms with Gasteiger partial charge in [0, 0.05) is 18.7 Å². The van der Waals surface area contributed by atoms with E-state index >= 15 is 0 Å². The van der Waals surface area contributed by atoms with E-state index in [9.17, 15) is 9.59 Å². The van der Waals surface area contributed by atoms with Gasteiger partial charge in [0.25, 0.3) is 0 Å². The maximum atomic E-state index is 11.3. The molecule has 2 N–H and O–H groups in total. The first-order chi connectivity index (χ1) is 9.29. The predicted octanol–water partition coefficient (Wildman–Crippen LogP) is 1.08. The molecule has 2 heterocycles. The van der Waals surface area contributed by atoms with Crippen molar-refractivity contribution in [3.63, 3.8) is 0 Å². The zero-order valence-electron chi connectivity index (χ0n) is 10.9. The molecule has 5 heteroatoms. The molecule has 0 saturated carbocycles. The average Bonchev–Trinajstić information content (AvgIpc) is 2.45.